The molecule has 1 N–H and O–H groups in total. The molecule has 0 spiro atoms. The van der Waals surface area contributed by atoms with E-state index < -0.39 is 5.97 Å². The first-order valence-corrected chi connectivity index (χ1v) is 12.8. The first-order valence-electron chi connectivity index (χ1n) is 12.4. The van der Waals surface area contributed by atoms with Crippen molar-refractivity contribution >= 4 is 17.6 Å². The van der Waals surface area contributed by atoms with Crippen molar-refractivity contribution in [2.75, 3.05) is 7.11 Å². The highest BCUT2D eigenvalue weighted by Crippen LogP contribution is 2.44. The molecule has 1 aliphatic rings. The Kier molecular flexibility index (Phi) is 7.89. The SMILES string of the molecule is COc1ccc(Cl)c(-c2ncc(OCc3cccc(C(CC(=O)O)C4CC4)c3)cc2CC(C)(C)C)c1. The predicted molar refractivity (Wildman–Crippen MR) is 143 cm³/mol. The first kappa shape index (κ1) is 26.0. The molecule has 1 aromatic heterocycles. The summed E-state index contributed by atoms with van der Waals surface area (Å²) in [6.45, 7) is 6.96. The Morgan fingerprint density at radius 1 is 1.14 bits per heavy atom. The number of aromatic nitrogens is 1. The lowest BCUT2D eigenvalue weighted by Crippen LogP contribution is -2.11. The molecule has 0 radical (unpaired) electrons. The van der Waals surface area contributed by atoms with Crippen LogP contribution >= 0.6 is 11.6 Å². The third-order valence-electron chi connectivity index (χ3n) is 6.46. The van der Waals surface area contributed by atoms with E-state index in [4.69, 9.17) is 26.1 Å². The van der Waals surface area contributed by atoms with Crippen molar-refractivity contribution in [1.29, 1.82) is 0 Å². The lowest BCUT2D eigenvalue weighted by Gasteiger charge is -2.21. The zero-order chi connectivity index (χ0) is 25.9. The van der Waals surface area contributed by atoms with E-state index in [0.29, 0.717) is 23.3 Å². The highest BCUT2D eigenvalue weighted by Gasteiger charge is 2.33. The number of pyridine rings is 1. The van der Waals surface area contributed by atoms with Gasteiger partial charge < -0.3 is 14.6 Å². The second-order valence-corrected chi connectivity index (χ2v) is 11.2. The van der Waals surface area contributed by atoms with Crippen LogP contribution in [0.15, 0.2) is 54.7 Å². The van der Waals surface area contributed by atoms with E-state index in [1.165, 1.54) is 0 Å². The van der Waals surface area contributed by atoms with Crippen LogP contribution < -0.4 is 9.47 Å². The lowest BCUT2D eigenvalue weighted by molar-refractivity contribution is -0.137. The van der Waals surface area contributed by atoms with Gasteiger partial charge in [0.2, 0.25) is 0 Å². The summed E-state index contributed by atoms with van der Waals surface area (Å²) >= 11 is 6.55. The minimum Gasteiger partial charge on any atom is -0.497 e. The summed E-state index contributed by atoms with van der Waals surface area (Å²) in [6, 6.07) is 15.7. The topological polar surface area (TPSA) is 68.7 Å². The van der Waals surface area contributed by atoms with Gasteiger partial charge >= 0.3 is 5.97 Å². The van der Waals surface area contributed by atoms with E-state index in [-0.39, 0.29) is 17.8 Å². The van der Waals surface area contributed by atoms with E-state index in [2.05, 4.69) is 26.8 Å². The fourth-order valence-corrected chi connectivity index (χ4v) is 4.86. The van der Waals surface area contributed by atoms with Gasteiger partial charge in [-0.1, -0.05) is 56.6 Å². The number of carboxylic acid groups (broad SMARTS) is 1. The predicted octanol–water partition coefficient (Wildman–Crippen LogP) is 7.55. The first-order chi connectivity index (χ1) is 17.1. The molecule has 6 heteroatoms. The van der Waals surface area contributed by atoms with Crippen LogP contribution in [0.5, 0.6) is 11.5 Å². The lowest BCUT2D eigenvalue weighted by atomic mass is 9.86. The van der Waals surface area contributed by atoms with Gasteiger partial charge in [-0.25, -0.2) is 0 Å². The summed E-state index contributed by atoms with van der Waals surface area (Å²) in [5.74, 6) is 1.20. The molecule has 2 aromatic carbocycles. The molecule has 4 rings (SSSR count). The van der Waals surface area contributed by atoms with Gasteiger partial charge in [0, 0.05) is 5.56 Å². The summed E-state index contributed by atoms with van der Waals surface area (Å²) in [6.07, 6.45) is 4.91. The number of nitrogens with zero attached hydrogens (tertiary/aromatic N) is 1. The maximum absolute atomic E-state index is 11.4. The number of halogens is 1. The van der Waals surface area contributed by atoms with E-state index in [1.807, 2.05) is 42.5 Å². The number of carbonyl (C=O) groups is 1. The number of methoxy groups -OCH3 is 1. The molecule has 36 heavy (non-hydrogen) atoms. The van der Waals surface area contributed by atoms with Crippen LogP contribution in [0.2, 0.25) is 5.02 Å². The summed E-state index contributed by atoms with van der Waals surface area (Å²) < 4.78 is 11.6. The van der Waals surface area contributed by atoms with Crippen molar-refractivity contribution in [3.05, 3.63) is 76.4 Å². The highest BCUT2D eigenvalue weighted by atomic mass is 35.5. The van der Waals surface area contributed by atoms with Gasteiger partial charge in [-0.2, -0.15) is 0 Å². The Balaban J connectivity index is 1.57. The maximum Gasteiger partial charge on any atom is 0.303 e. The van der Waals surface area contributed by atoms with Crippen molar-refractivity contribution in [3.8, 4) is 22.8 Å². The average Bonchev–Trinajstić information content (AvgIpc) is 3.66. The molecule has 1 atom stereocenters. The Hall–Kier alpha value is -3.05. The van der Waals surface area contributed by atoms with Crippen molar-refractivity contribution in [2.24, 2.45) is 11.3 Å². The van der Waals surface area contributed by atoms with Gasteiger partial charge in [-0.3, -0.25) is 9.78 Å². The summed E-state index contributed by atoms with van der Waals surface area (Å²) in [5, 5.41) is 9.97. The molecule has 0 aliphatic heterocycles. The second-order valence-electron chi connectivity index (χ2n) is 10.8. The van der Waals surface area contributed by atoms with Crippen molar-refractivity contribution in [3.63, 3.8) is 0 Å². The Morgan fingerprint density at radius 2 is 1.92 bits per heavy atom. The highest BCUT2D eigenvalue weighted by molar-refractivity contribution is 6.33. The van der Waals surface area contributed by atoms with E-state index in [1.54, 1.807) is 13.3 Å². The zero-order valence-electron chi connectivity index (χ0n) is 21.4. The largest absolute Gasteiger partial charge is 0.497 e. The van der Waals surface area contributed by atoms with Crippen molar-refractivity contribution in [2.45, 2.75) is 59.0 Å². The zero-order valence-corrected chi connectivity index (χ0v) is 22.1. The molecule has 1 saturated carbocycles. The number of ether oxygens (including phenoxy) is 2. The quantitative estimate of drug-likeness (QED) is 0.307. The minimum atomic E-state index is -0.748. The van der Waals surface area contributed by atoms with E-state index in [0.717, 1.165) is 53.0 Å². The molecule has 190 valence electrons. The molecule has 0 bridgehead atoms. The van der Waals surface area contributed by atoms with Crippen LogP contribution in [-0.4, -0.2) is 23.2 Å². The molecule has 0 saturated heterocycles. The summed E-state index contributed by atoms with van der Waals surface area (Å²) in [4.78, 5) is 16.1. The normalized spacial score (nSPS) is 14.4. The van der Waals surface area contributed by atoms with Crippen LogP contribution in [-0.2, 0) is 17.8 Å². The number of benzene rings is 2. The maximum atomic E-state index is 11.4. The van der Waals surface area contributed by atoms with Crippen LogP contribution in [0.3, 0.4) is 0 Å². The number of hydrogen-bond donors (Lipinski definition) is 1. The molecular weight excluding hydrogens is 474 g/mol. The van der Waals surface area contributed by atoms with Gasteiger partial charge in [0.15, 0.2) is 0 Å². The minimum absolute atomic E-state index is 0.0384. The Bertz CT molecular complexity index is 1230. The summed E-state index contributed by atoms with van der Waals surface area (Å²) in [7, 11) is 1.64. The van der Waals surface area contributed by atoms with Gasteiger partial charge in [0.1, 0.15) is 18.1 Å². The van der Waals surface area contributed by atoms with Gasteiger partial charge in [-0.05, 0) is 77.5 Å². The smallest absolute Gasteiger partial charge is 0.303 e. The third-order valence-corrected chi connectivity index (χ3v) is 6.79. The van der Waals surface area contributed by atoms with Gasteiger partial charge in [0.05, 0.1) is 30.4 Å². The molecule has 1 aliphatic carbocycles. The Labute approximate surface area is 218 Å². The van der Waals surface area contributed by atoms with Crippen LogP contribution in [0.1, 0.15) is 62.6 Å². The van der Waals surface area contributed by atoms with Crippen molar-refractivity contribution < 1.29 is 19.4 Å². The molecular formula is C30H34ClNO4. The number of carboxylic acids is 1. The molecule has 0 amide bonds. The molecule has 5 nitrogen and oxygen atoms in total. The molecule has 1 heterocycles. The van der Waals surface area contributed by atoms with Gasteiger partial charge in [0.25, 0.3) is 0 Å². The number of rotatable bonds is 10. The summed E-state index contributed by atoms with van der Waals surface area (Å²) in [5.41, 5.74) is 4.84. The van der Waals surface area contributed by atoms with E-state index >= 15 is 0 Å². The fourth-order valence-electron chi connectivity index (χ4n) is 4.65. The molecule has 1 fully saturated rings. The standard InChI is InChI=1S/C30H34ClNO4/c1-30(2,3)16-22-13-24(17-32-29(22)26-14-23(35-4)10-11-27(26)31)36-18-19-6-5-7-21(12-19)25(15-28(33)34)20-8-9-20/h5-7,10-14,17,20,25H,8-9,15-16,18H2,1-4H3,(H,33,34). The van der Waals surface area contributed by atoms with Crippen LogP contribution in [0, 0.1) is 11.3 Å². The number of aliphatic carboxylic acids is 1. The molecule has 1 unspecified atom stereocenters. The second kappa shape index (κ2) is 10.9. The fraction of sp³-hybridized carbons (Fsp3) is 0.400. The van der Waals surface area contributed by atoms with E-state index in [9.17, 15) is 9.90 Å². The van der Waals surface area contributed by atoms with Gasteiger partial charge in [-0.15, -0.1) is 0 Å². The molecule has 3 aromatic rings. The van der Waals surface area contributed by atoms with Crippen LogP contribution in [0.25, 0.3) is 11.3 Å². The van der Waals surface area contributed by atoms with Crippen LogP contribution in [0.4, 0.5) is 0 Å². The Morgan fingerprint density at radius 3 is 2.58 bits per heavy atom. The third kappa shape index (κ3) is 6.79. The monoisotopic (exact) mass is 507 g/mol. The van der Waals surface area contributed by atoms with Crippen molar-refractivity contribution in [1.82, 2.24) is 4.98 Å². The average molecular weight is 508 g/mol. The number of hydrogen-bond acceptors (Lipinski definition) is 4.